The Bertz CT molecular complexity index is 516. The summed E-state index contributed by atoms with van der Waals surface area (Å²) in [4.78, 5) is 11.1. The average molecular weight is 302 g/mol. The highest BCUT2D eigenvalue weighted by Gasteiger charge is 2.48. The molecule has 0 spiro atoms. The van der Waals surface area contributed by atoms with Gasteiger partial charge in [0.05, 0.1) is 0 Å². The highest BCUT2D eigenvalue weighted by molar-refractivity contribution is 5.66. The fraction of sp³-hybridized carbons (Fsp3) is 0.650. The third-order valence-corrected chi connectivity index (χ3v) is 6.23. The minimum atomic E-state index is -0.690. The summed E-state index contributed by atoms with van der Waals surface area (Å²) in [7, 11) is 0. The number of fused-ring (bicyclic) bond motifs is 1. The van der Waals surface area contributed by atoms with Crippen molar-refractivity contribution in [1.82, 2.24) is 0 Å². The van der Waals surface area contributed by atoms with Crippen LogP contribution in [0.1, 0.15) is 59.3 Å². The Kier molecular flexibility index (Phi) is 4.70. The lowest BCUT2D eigenvalue weighted by Crippen LogP contribution is -2.43. The molecular formula is C20H30O2. The largest absolute Gasteiger partial charge is 0.481 e. The zero-order valence-corrected chi connectivity index (χ0v) is 14.3. The topological polar surface area (TPSA) is 37.3 Å². The lowest BCUT2D eigenvalue weighted by atomic mass is 9.52. The van der Waals surface area contributed by atoms with E-state index in [0.717, 1.165) is 32.1 Å². The molecule has 0 aromatic heterocycles. The minimum Gasteiger partial charge on any atom is -0.481 e. The summed E-state index contributed by atoms with van der Waals surface area (Å²) in [5, 5.41) is 9.15. The van der Waals surface area contributed by atoms with Crippen molar-refractivity contribution in [2.45, 2.75) is 59.3 Å². The molecule has 4 atom stereocenters. The Morgan fingerprint density at radius 1 is 1.50 bits per heavy atom. The molecule has 0 aliphatic heterocycles. The van der Waals surface area contributed by atoms with Crippen LogP contribution in [0, 0.1) is 22.7 Å². The predicted octanol–water partition coefficient (Wildman–Crippen LogP) is 5.37. The second-order valence-electron chi connectivity index (χ2n) is 7.94. The summed E-state index contributed by atoms with van der Waals surface area (Å²) in [5.41, 5.74) is 2.95. The van der Waals surface area contributed by atoms with Crippen LogP contribution in [0.3, 0.4) is 0 Å². The summed E-state index contributed by atoms with van der Waals surface area (Å²) in [5.74, 6) is 0.202. The van der Waals surface area contributed by atoms with Gasteiger partial charge in [0.2, 0.25) is 0 Å². The Morgan fingerprint density at radius 2 is 2.18 bits per heavy atom. The van der Waals surface area contributed by atoms with E-state index in [1.807, 2.05) is 0 Å². The van der Waals surface area contributed by atoms with Gasteiger partial charge in [0, 0.05) is 6.42 Å². The van der Waals surface area contributed by atoms with E-state index < -0.39 is 5.97 Å². The highest BCUT2D eigenvalue weighted by Crippen LogP contribution is 2.58. The maximum absolute atomic E-state index is 11.1. The molecule has 2 aliphatic carbocycles. The number of hydrogen-bond donors (Lipinski definition) is 1. The van der Waals surface area contributed by atoms with E-state index >= 15 is 0 Å². The van der Waals surface area contributed by atoms with Gasteiger partial charge in [0.1, 0.15) is 0 Å². The Hall–Kier alpha value is -1.31. The normalized spacial score (nSPS) is 37.9. The summed E-state index contributed by atoms with van der Waals surface area (Å²) in [6, 6.07) is 0. The van der Waals surface area contributed by atoms with Gasteiger partial charge in [0.25, 0.3) is 0 Å². The molecule has 1 N–H and O–H groups in total. The minimum absolute atomic E-state index is 0.0246. The number of aliphatic carboxylic acids is 1. The lowest BCUT2D eigenvalue weighted by Gasteiger charge is -2.52. The molecule has 122 valence electrons. The molecule has 1 saturated carbocycles. The Morgan fingerprint density at radius 3 is 2.73 bits per heavy atom. The first-order valence-electron chi connectivity index (χ1n) is 8.41. The van der Waals surface area contributed by atoms with E-state index in [1.54, 1.807) is 0 Å². The van der Waals surface area contributed by atoms with Gasteiger partial charge >= 0.3 is 5.97 Å². The van der Waals surface area contributed by atoms with Gasteiger partial charge in [-0.3, -0.25) is 4.79 Å². The number of carboxylic acid groups (broad SMARTS) is 1. The fourth-order valence-electron chi connectivity index (χ4n) is 4.75. The maximum Gasteiger partial charge on any atom is 0.303 e. The van der Waals surface area contributed by atoms with Crippen molar-refractivity contribution >= 4 is 5.97 Å². The highest BCUT2D eigenvalue weighted by atomic mass is 16.4. The molecule has 0 heterocycles. The van der Waals surface area contributed by atoms with E-state index in [-0.39, 0.29) is 17.3 Å². The Labute approximate surface area is 135 Å². The van der Waals surface area contributed by atoms with Gasteiger partial charge < -0.3 is 5.11 Å². The van der Waals surface area contributed by atoms with Crippen molar-refractivity contribution < 1.29 is 9.90 Å². The quantitative estimate of drug-likeness (QED) is 0.693. The van der Waals surface area contributed by atoms with Crippen LogP contribution in [0.2, 0.25) is 0 Å². The summed E-state index contributed by atoms with van der Waals surface area (Å²) < 4.78 is 0. The molecule has 2 aliphatic rings. The van der Waals surface area contributed by atoms with Crippen LogP contribution in [0.5, 0.6) is 0 Å². The second-order valence-corrected chi connectivity index (χ2v) is 7.94. The molecule has 2 heteroatoms. The van der Waals surface area contributed by atoms with Gasteiger partial charge in [-0.05, 0) is 61.7 Å². The molecule has 0 amide bonds. The van der Waals surface area contributed by atoms with Gasteiger partial charge in [-0.1, -0.05) is 43.7 Å². The van der Waals surface area contributed by atoms with Gasteiger partial charge in [-0.25, -0.2) is 0 Å². The molecule has 22 heavy (non-hydrogen) atoms. The van der Waals surface area contributed by atoms with Crippen LogP contribution in [0.4, 0.5) is 0 Å². The summed E-state index contributed by atoms with van der Waals surface area (Å²) in [6.07, 6.45) is 9.86. The maximum atomic E-state index is 11.1. The van der Waals surface area contributed by atoms with Crippen molar-refractivity contribution in [3.63, 3.8) is 0 Å². The van der Waals surface area contributed by atoms with Crippen LogP contribution in [0.25, 0.3) is 0 Å². The first kappa shape index (κ1) is 17.1. The van der Waals surface area contributed by atoms with Gasteiger partial charge in [-0.15, -0.1) is 6.58 Å². The molecule has 0 aromatic rings. The van der Waals surface area contributed by atoms with Crippen LogP contribution in [0.15, 0.2) is 36.5 Å². The Balaban J connectivity index is 2.32. The molecule has 0 bridgehead atoms. The molecule has 0 saturated heterocycles. The van der Waals surface area contributed by atoms with E-state index in [9.17, 15) is 4.79 Å². The van der Waals surface area contributed by atoms with Crippen molar-refractivity contribution in [3.8, 4) is 0 Å². The van der Waals surface area contributed by atoms with E-state index in [4.69, 9.17) is 5.11 Å². The molecular weight excluding hydrogens is 272 g/mol. The fourth-order valence-corrected chi connectivity index (χ4v) is 4.75. The summed E-state index contributed by atoms with van der Waals surface area (Å²) in [6.45, 7) is 14.9. The first-order chi connectivity index (χ1) is 10.2. The van der Waals surface area contributed by atoms with Gasteiger partial charge in [0.15, 0.2) is 0 Å². The molecule has 1 fully saturated rings. The zero-order chi connectivity index (χ0) is 16.5. The number of carbonyl (C=O) groups is 1. The number of hydrogen-bond acceptors (Lipinski definition) is 1. The molecule has 2 nitrogen and oxygen atoms in total. The molecule has 0 radical (unpaired) electrons. The number of rotatable bonds is 5. The summed E-state index contributed by atoms with van der Waals surface area (Å²) >= 11 is 0. The van der Waals surface area contributed by atoms with Crippen LogP contribution in [-0.2, 0) is 4.79 Å². The van der Waals surface area contributed by atoms with Crippen LogP contribution < -0.4 is 0 Å². The standard InChI is InChI=1S/C20H30O2/c1-6-19(4)11-9-17-15(13-19)7-8-16(14(2)3)20(17,5)12-10-18(21)22/h6-7,16-17H,1-2,8-13H2,3-5H3,(H,21,22)/t16-,17?,19-,20-/m0/s1. The third kappa shape index (κ3) is 3.06. The molecule has 0 aromatic carbocycles. The lowest BCUT2D eigenvalue weighted by molar-refractivity contribution is -0.138. The first-order valence-corrected chi connectivity index (χ1v) is 8.41. The zero-order valence-electron chi connectivity index (χ0n) is 14.3. The van der Waals surface area contributed by atoms with Crippen molar-refractivity contribution in [3.05, 3.63) is 36.5 Å². The van der Waals surface area contributed by atoms with E-state index in [0.29, 0.717) is 11.8 Å². The van der Waals surface area contributed by atoms with Crippen molar-refractivity contribution in [1.29, 1.82) is 0 Å². The molecule has 2 rings (SSSR count). The van der Waals surface area contributed by atoms with E-state index in [2.05, 4.69) is 46.1 Å². The number of carboxylic acids is 1. The second kappa shape index (κ2) is 6.06. The average Bonchev–Trinajstić information content (AvgIpc) is 2.45. The van der Waals surface area contributed by atoms with Crippen molar-refractivity contribution in [2.24, 2.45) is 22.7 Å². The molecule has 1 unspecified atom stereocenters. The monoisotopic (exact) mass is 302 g/mol. The SMILES string of the molecule is C=C[C@@]1(C)CCC2C(=CC[C@@H](C(=C)C)[C@]2(C)CCC(=O)O)C1. The predicted molar refractivity (Wildman–Crippen MR) is 91.6 cm³/mol. The van der Waals surface area contributed by atoms with Crippen molar-refractivity contribution in [2.75, 3.05) is 0 Å². The number of allylic oxidation sites excluding steroid dienone is 4. The smallest absolute Gasteiger partial charge is 0.303 e. The van der Waals surface area contributed by atoms with Crippen LogP contribution >= 0.6 is 0 Å². The van der Waals surface area contributed by atoms with Gasteiger partial charge in [-0.2, -0.15) is 0 Å². The third-order valence-electron chi connectivity index (χ3n) is 6.23. The van der Waals surface area contributed by atoms with E-state index in [1.165, 1.54) is 11.1 Å². The van der Waals surface area contributed by atoms with Crippen LogP contribution in [-0.4, -0.2) is 11.1 Å².